The van der Waals surface area contributed by atoms with Gasteiger partial charge in [0.25, 0.3) is 0 Å². The Bertz CT molecular complexity index is 358. The van der Waals surface area contributed by atoms with E-state index >= 15 is 0 Å². The molecule has 26 heavy (non-hydrogen) atoms. The fraction of sp³-hybridized carbons (Fsp3) is 0.864. The minimum absolute atomic E-state index is 0. The van der Waals surface area contributed by atoms with Crippen LogP contribution in [0.3, 0.4) is 0 Å². The third-order valence-corrected chi connectivity index (χ3v) is 5.06. The summed E-state index contributed by atoms with van der Waals surface area (Å²) < 4.78 is 0. The van der Waals surface area contributed by atoms with Crippen LogP contribution in [0, 0.1) is 0 Å². The maximum atomic E-state index is 9.05. The second kappa shape index (κ2) is 19.2. The van der Waals surface area contributed by atoms with Crippen LogP contribution in [0.15, 0.2) is 17.1 Å². The summed E-state index contributed by atoms with van der Waals surface area (Å²) >= 11 is 0. The van der Waals surface area contributed by atoms with E-state index < -0.39 is 0 Å². The molecule has 1 heterocycles. The van der Waals surface area contributed by atoms with Gasteiger partial charge in [0, 0.05) is 19.5 Å². The van der Waals surface area contributed by atoms with Crippen molar-refractivity contribution >= 4 is 18.2 Å². The van der Waals surface area contributed by atoms with Crippen molar-refractivity contribution in [2.75, 3.05) is 26.2 Å². The van der Waals surface area contributed by atoms with Crippen molar-refractivity contribution in [3.63, 3.8) is 0 Å². The maximum absolute atomic E-state index is 9.05. The Morgan fingerprint density at radius 3 is 2.08 bits per heavy atom. The van der Waals surface area contributed by atoms with Gasteiger partial charge in [-0.2, -0.15) is 0 Å². The largest absolute Gasteiger partial charge is 0.395 e. The highest BCUT2D eigenvalue weighted by molar-refractivity contribution is 5.85. The fourth-order valence-corrected chi connectivity index (χ4v) is 3.48. The number of nitrogens with zero attached hydrogens (tertiary/aromatic N) is 2. The number of hydrogen-bond acceptors (Lipinski definition) is 3. The zero-order valence-corrected chi connectivity index (χ0v) is 17.9. The Balaban J connectivity index is 0.00000625. The summed E-state index contributed by atoms with van der Waals surface area (Å²) in [6, 6.07) is 0. The summed E-state index contributed by atoms with van der Waals surface area (Å²) in [6.07, 6.45) is 23.4. The Morgan fingerprint density at radius 2 is 1.46 bits per heavy atom. The normalized spacial score (nSPS) is 14.1. The lowest BCUT2D eigenvalue weighted by Crippen LogP contribution is -2.30. The van der Waals surface area contributed by atoms with Crippen LogP contribution in [0.2, 0.25) is 0 Å². The highest BCUT2D eigenvalue weighted by Gasteiger charge is 2.14. The topological polar surface area (TPSA) is 35.8 Å². The van der Waals surface area contributed by atoms with Gasteiger partial charge >= 0.3 is 0 Å². The Labute approximate surface area is 168 Å². The van der Waals surface area contributed by atoms with Crippen molar-refractivity contribution in [3.05, 3.63) is 12.2 Å². The Hall–Kier alpha value is -0.540. The van der Waals surface area contributed by atoms with Gasteiger partial charge < -0.3 is 10.0 Å². The third-order valence-electron chi connectivity index (χ3n) is 5.06. The molecule has 0 bridgehead atoms. The number of aliphatic hydroxyl groups excluding tert-OH is 1. The van der Waals surface area contributed by atoms with Gasteiger partial charge in [-0.3, -0.25) is 4.99 Å². The van der Waals surface area contributed by atoms with Crippen molar-refractivity contribution in [1.82, 2.24) is 4.90 Å². The van der Waals surface area contributed by atoms with Crippen molar-refractivity contribution in [2.45, 2.75) is 96.8 Å². The van der Waals surface area contributed by atoms with Gasteiger partial charge in [0.15, 0.2) is 0 Å². The molecule has 1 aliphatic rings. The summed E-state index contributed by atoms with van der Waals surface area (Å²) in [5.74, 6) is 1.23. The summed E-state index contributed by atoms with van der Waals surface area (Å²) in [6.45, 7) is 5.19. The smallest absolute Gasteiger partial charge is 0.0991 e. The zero-order valence-electron chi connectivity index (χ0n) is 17.1. The van der Waals surface area contributed by atoms with Crippen molar-refractivity contribution in [1.29, 1.82) is 0 Å². The van der Waals surface area contributed by atoms with E-state index in [0.717, 1.165) is 26.1 Å². The van der Waals surface area contributed by atoms with E-state index in [9.17, 15) is 0 Å². The van der Waals surface area contributed by atoms with Crippen LogP contribution in [0.4, 0.5) is 0 Å². The van der Waals surface area contributed by atoms with Crippen LogP contribution in [-0.2, 0) is 0 Å². The second-order valence-corrected chi connectivity index (χ2v) is 7.34. The molecular formula is C22H43ClN2O. The van der Waals surface area contributed by atoms with Crippen molar-refractivity contribution in [2.24, 2.45) is 4.99 Å². The number of aliphatic imine (C=N–C) groups is 1. The van der Waals surface area contributed by atoms with E-state index in [1.807, 2.05) is 0 Å². The average molecular weight is 387 g/mol. The highest BCUT2D eigenvalue weighted by atomic mass is 35.5. The predicted octanol–water partition coefficient (Wildman–Crippen LogP) is 6.15. The Kier molecular flexibility index (Phi) is 18.8. The van der Waals surface area contributed by atoms with Gasteiger partial charge in [0.1, 0.15) is 0 Å². The van der Waals surface area contributed by atoms with Crippen LogP contribution >= 0.6 is 12.4 Å². The van der Waals surface area contributed by atoms with Gasteiger partial charge in [0.05, 0.1) is 19.0 Å². The van der Waals surface area contributed by atoms with Gasteiger partial charge in [-0.05, 0) is 32.1 Å². The highest BCUT2D eigenvalue weighted by Crippen LogP contribution is 2.12. The second-order valence-electron chi connectivity index (χ2n) is 7.34. The minimum Gasteiger partial charge on any atom is -0.395 e. The molecule has 0 radical (unpaired) electrons. The number of β-amino-alcohol motifs (C(OH)–C–C–N with tert-alkyl or cyclic N) is 1. The lowest BCUT2D eigenvalue weighted by atomic mass is 10.1. The van der Waals surface area contributed by atoms with E-state index in [1.165, 1.54) is 89.3 Å². The zero-order chi connectivity index (χ0) is 18.0. The molecule has 0 aromatic carbocycles. The molecule has 1 rings (SSSR count). The van der Waals surface area contributed by atoms with E-state index in [-0.39, 0.29) is 19.0 Å². The molecule has 0 aliphatic carbocycles. The molecule has 1 N–H and O–H groups in total. The van der Waals surface area contributed by atoms with E-state index in [2.05, 4.69) is 29.0 Å². The van der Waals surface area contributed by atoms with Crippen LogP contribution in [0.25, 0.3) is 0 Å². The first-order valence-electron chi connectivity index (χ1n) is 10.9. The number of unbranched alkanes of at least 4 members (excludes halogenated alkanes) is 11. The SMILES string of the molecule is CCCCCCCCC=CCCCCCCCC1=NCCN1CCO.Cl. The third kappa shape index (κ3) is 13.6. The standard InChI is InChI=1S/C22H42N2O.ClH/c1-2-3-4-5-6-7-8-9-10-11-12-13-14-15-16-17-22-23-18-19-24(22)20-21-25;/h9-10,25H,2-8,11-21H2,1H3;1H. The Morgan fingerprint density at radius 1 is 0.885 bits per heavy atom. The molecule has 0 aromatic rings. The molecule has 4 heteroatoms. The first-order chi connectivity index (χ1) is 12.4. The molecule has 0 fully saturated rings. The fourth-order valence-electron chi connectivity index (χ4n) is 3.48. The number of halogens is 1. The molecule has 0 spiro atoms. The first kappa shape index (κ1) is 25.5. The molecule has 0 amide bonds. The van der Waals surface area contributed by atoms with Gasteiger partial charge in [-0.25, -0.2) is 0 Å². The lowest BCUT2D eigenvalue weighted by molar-refractivity contribution is 0.255. The molecule has 0 unspecified atom stereocenters. The maximum Gasteiger partial charge on any atom is 0.0991 e. The van der Waals surface area contributed by atoms with Crippen LogP contribution in [-0.4, -0.2) is 42.1 Å². The van der Waals surface area contributed by atoms with Crippen molar-refractivity contribution < 1.29 is 5.11 Å². The van der Waals surface area contributed by atoms with Gasteiger partial charge in [-0.1, -0.05) is 70.4 Å². The first-order valence-corrected chi connectivity index (χ1v) is 10.9. The van der Waals surface area contributed by atoms with E-state index in [1.54, 1.807) is 0 Å². The molecule has 0 saturated heterocycles. The molecule has 0 saturated carbocycles. The van der Waals surface area contributed by atoms with Gasteiger partial charge in [-0.15, -0.1) is 12.4 Å². The molecule has 3 nitrogen and oxygen atoms in total. The van der Waals surface area contributed by atoms with Gasteiger partial charge in [0.2, 0.25) is 0 Å². The van der Waals surface area contributed by atoms with Crippen molar-refractivity contribution in [3.8, 4) is 0 Å². The predicted molar refractivity (Wildman–Crippen MR) is 118 cm³/mol. The summed E-state index contributed by atoms with van der Waals surface area (Å²) in [5.41, 5.74) is 0. The molecule has 0 atom stereocenters. The molecule has 1 aliphatic heterocycles. The molecule has 154 valence electrons. The number of allylic oxidation sites excluding steroid dienone is 2. The lowest BCUT2D eigenvalue weighted by Gasteiger charge is -2.18. The number of amidine groups is 1. The van der Waals surface area contributed by atoms with E-state index in [4.69, 9.17) is 5.11 Å². The monoisotopic (exact) mass is 386 g/mol. The van der Waals surface area contributed by atoms with Crippen LogP contribution < -0.4 is 0 Å². The molecule has 0 aromatic heterocycles. The average Bonchev–Trinajstić information content (AvgIpc) is 3.06. The van der Waals surface area contributed by atoms with Crippen LogP contribution in [0.5, 0.6) is 0 Å². The quantitative estimate of drug-likeness (QED) is 0.240. The number of hydrogen-bond donors (Lipinski definition) is 1. The van der Waals surface area contributed by atoms with E-state index in [0.29, 0.717) is 0 Å². The number of aliphatic hydroxyl groups is 1. The summed E-state index contributed by atoms with van der Waals surface area (Å²) in [4.78, 5) is 6.81. The summed E-state index contributed by atoms with van der Waals surface area (Å²) in [7, 11) is 0. The number of rotatable bonds is 17. The van der Waals surface area contributed by atoms with Crippen LogP contribution in [0.1, 0.15) is 96.8 Å². The minimum atomic E-state index is 0. The molecular weight excluding hydrogens is 344 g/mol. The summed E-state index contributed by atoms with van der Waals surface area (Å²) in [5, 5.41) is 9.05.